The van der Waals surface area contributed by atoms with Crippen LogP contribution < -0.4 is 4.90 Å². The zero-order valence-electron chi connectivity index (χ0n) is 18.2. The Labute approximate surface area is 179 Å². The number of nitrogens with zero attached hydrogens (tertiary/aromatic N) is 5. The fraction of sp³-hybridized carbons (Fsp3) is 0.500. The Morgan fingerprint density at radius 3 is 2.87 bits per heavy atom. The van der Waals surface area contributed by atoms with Gasteiger partial charge >= 0.3 is 0 Å². The zero-order chi connectivity index (χ0) is 21.1. The molecular weight excluding hydrogens is 398 g/mol. The summed E-state index contributed by atoms with van der Waals surface area (Å²) in [6.07, 6.45) is 10.6. The van der Waals surface area contributed by atoms with Crippen LogP contribution in [0, 0.1) is 0 Å². The van der Waals surface area contributed by atoms with Crippen molar-refractivity contribution in [3.63, 3.8) is 0 Å². The van der Waals surface area contributed by atoms with Crippen molar-refractivity contribution in [3.8, 4) is 11.3 Å². The zero-order valence-corrected chi connectivity index (χ0v) is 19.1. The summed E-state index contributed by atoms with van der Waals surface area (Å²) >= 11 is 0. The van der Waals surface area contributed by atoms with E-state index in [4.69, 9.17) is 14.5 Å². The first kappa shape index (κ1) is 21.1. The van der Waals surface area contributed by atoms with Gasteiger partial charge in [0.2, 0.25) is 0 Å². The molecule has 3 aromatic heterocycles. The molecule has 0 spiro atoms. The summed E-state index contributed by atoms with van der Waals surface area (Å²) in [6.45, 7) is 5.56. The molecule has 0 N–H and O–H groups in total. The summed E-state index contributed by atoms with van der Waals surface area (Å²) in [6, 6.07) is 8.38. The second kappa shape index (κ2) is 8.91. The van der Waals surface area contributed by atoms with Gasteiger partial charge in [0, 0.05) is 24.1 Å². The van der Waals surface area contributed by atoms with Crippen LogP contribution in [0.1, 0.15) is 6.92 Å². The van der Waals surface area contributed by atoms with Crippen LogP contribution in [-0.4, -0.2) is 76.7 Å². The molecule has 0 aliphatic carbocycles. The first-order valence-corrected chi connectivity index (χ1v) is 13.3. The number of pyridine rings is 2. The molecule has 7 nitrogen and oxygen atoms in total. The van der Waals surface area contributed by atoms with E-state index in [-0.39, 0.29) is 6.04 Å². The predicted molar refractivity (Wildman–Crippen MR) is 125 cm³/mol. The molecule has 162 valence electrons. The Bertz CT molecular complexity index is 986. The number of hydrogen-bond acceptors (Lipinski definition) is 6. The minimum absolute atomic E-state index is 0.276. The quantitative estimate of drug-likeness (QED) is 0.537. The lowest BCUT2D eigenvalue weighted by Crippen LogP contribution is -2.44. The molecule has 30 heavy (non-hydrogen) atoms. The second-order valence-electron chi connectivity index (χ2n) is 8.57. The van der Waals surface area contributed by atoms with Crippen LogP contribution in [0.3, 0.4) is 0 Å². The molecule has 4 rings (SSSR count). The highest BCUT2D eigenvalue weighted by atomic mass is 32.3. The standard InChI is InChI=1S/C22H31N5O2S/c1-17-15-28-10-9-26(17)21-13-18(19-7-5-6-8-23-19)22-20(25-21)14-24-27(22)16-29-11-12-30(2,3)4/h5-8,13-14,17H,9-12,15-16H2,1-4H3/t17-/m1/s1. The molecule has 0 amide bonds. The molecular formula is C22H31N5O2S. The third-order valence-corrected chi connectivity index (χ3v) is 6.63. The van der Waals surface area contributed by atoms with Gasteiger partial charge in [-0.2, -0.15) is 5.10 Å². The van der Waals surface area contributed by atoms with Crippen LogP contribution in [-0.2, 0) is 16.2 Å². The van der Waals surface area contributed by atoms with Gasteiger partial charge in [0.1, 0.15) is 18.1 Å². The fourth-order valence-corrected chi connectivity index (χ4v) is 4.20. The number of fused-ring (bicyclic) bond motifs is 1. The number of aromatic nitrogens is 4. The Hall–Kier alpha value is -2.16. The Balaban J connectivity index is 1.70. The smallest absolute Gasteiger partial charge is 0.140 e. The summed E-state index contributed by atoms with van der Waals surface area (Å²) in [4.78, 5) is 11.8. The van der Waals surface area contributed by atoms with Crippen molar-refractivity contribution in [2.24, 2.45) is 0 Å². The molecule has 0 unspecified atom stereocenters. The van der Waals surface area contributed by atoms with Gasteiger partial charge in [-0.1, -0.05) is 6.07 Å². The number of ether oxygens (including phenoxy) is 2. The van der Waals surface area contributed by atoms with Crippen LogP contribution in [0.2, 0.25) is 0 Å². The largest absolute Gasteiger partial charge is 0.377 e. The third-order valence-electron chi connectivity index (χ3n) is 5.24. The van der Waals surface area contributed by atoms with Crippen molar-refractivity contribution in [2.45, 2.75) is 19.7 Å². The summed E-state index contributed by atoms with van der Waals surface area (Å²) in [5.74, 6) is 2.02. The Morgan fingerprint density at radius 2 is 2.13 bits per heavy atom. The van der Waals surface area contributed by atoms with E-state index in [2.05, 4.69) is 46.7 Å². The molecule has 8 heteroatoms. The molecule has 3 aromatic rings. The number of anilines is 1. The maximum atomic E-state index is 5.96. The highest BCUT2D eigenvalue weighted by Gasteiger charge is 2.23. The molecule has 4 heterocycles. The van der Waals surface area contributed by atoms with Crippen molar-refractivity contribution in [3.05, 3.63) is 36.7 Å². The van der Waals surface area contributed by atoms with E-state index >= 15 is 0 Å². The highest BCUT2D eigenvalue weighted by Crippen LogP contribution is 2.34. The summed E-state index contributed by atoms with van der Waals surface area (Å²) in [5, 5.41) is 4.59. The molecule has 0 aromatic carbocycles. The molecule has 1 aliphatic rings. The first-order valence-electron chi connectivity index (χ1n) is 10.3. The Kier molecular flexibility index (Phi) is 6.26. The van der Waals surface area contributed by atoms with Gasteiger partial charge in [-0.3, -0.25) is 4.98 Å². The van der Waals surface area contributed by atoms with Gasteiger partial charge in [0.25, 0.3) is 0 Å². The van der Waals surface area contributed by atoms with Gasteiger partial charge < -0.3 is 14.4 Å². The molecule has 0 saturated carbocycles. The normalized spacial score (nSPS) is 18.1. The van der Waals surface area contributed by atoms with Gasteiger partial charge in [0.05, 0.1) is 43.3 Å². The average Bonchev–Trinajstić information content (AvgIpc) is 3.14. The van der Waals surface area contributed by atoms with Gasteiger partial charge in [-0.25, -0.2) is 19.7 Å². The van der Waals surface area contributed by atoms with E-state index in [1.807, 2.05) is 35.3 Å². The molecule has 0 bridgehead atoms. The van der Waals surface area contributed by atoms with Crippen LogP contribution >= 0.6 is 10.0 Å². The van der Waals surface area contributed by atoms with E-state index in [9.17, 15) is 0 Å². The van der Waals surface area contributed by atoms with Gasteiger partial charge in [-0.15, -0.1) is 0 Å². The summed E-state index contributed by atoms with van der Waals surface area (Å²) in [7, 11) is -0.575. The second-order valence-corrected chi connectivity index (χ2v) is 13.2. The van der Waals surface area contributed by atoms with Crippen molar-refractivity contribution in [1.29, 1.82) is 0 Å². The van der Waals surface area contributed by atoms with Crippen molar-refractivity contribution in [2.75, 3.05) is 55.8 Å². The monoisotopic (exact) mass is 429 g/mol. The lowest BCUT2D eigenvalue weighted by molar-refractivity contribution is 0.0841. The van der Waals surface area contributed by atoms with E-state index < -0.39 is 10.0 Å². The van der Waals surface area contributed by atoms with Crippen molar-refractivity contribution < 1.29 is 9.47 Å². The highest BCUT2D eigenvalue weighted by molar-refractivity contribution is 8.32. The lowest BCUT2D eigenvalue weighted by Gasteiger charge is -2.34. The van der Waals surface area contributed by atoms with Crippen LogP contribution in [0.25, 0.3) is 22.3 Å². The fourth-order valence-electron chi connectivity index (χ4n) is 3.58. The molecule has 0 radical (unpaired) electrons. The Morgan fingerprint density at radius 1 is 1.27 bits per heavy atom. The minimum Gasteiger partial charge on any atom is -0.377 e. The van der Waals surface area contributed by atoms with Crippen molar-refractivity contribution >= 4 is 26.9 Å². The third kappa shape index (κ3) is 4.77. The maximum absolute atomic E-state index is 5.96. The topological polar surface area (TPSA) is 65.3 Å². The van der Waals surface area contributed by atoms with E-state index in [1.165, 1.54) is 0 Å². The number of rotatable bonds is 7. The molecule has 1 fully saturated rings. The van der Waals surface area contributed by atoms with E-state index in [0.29, 0.717) is 19.9 Å². The molecule has 1 aliphatic heterocycles. The van der Waals surface area contributed by atoms with E-state index in [1.54, 1.807) is 0 Å². The maximum Gasteiger partial charge on any atom is 0.140 e. The van der Waals surface area contributed by atoms with Crippen molar-refractivity contribution in [1.82, 2.24) is 19.7 Å². The lowest BCUT2D eigenvalue weighted by atomic mass is 10.1. The predicted octanol–water partition coefficient (Wildman–Crippen LogP) is 3.39. The number of hydrogen-bond donors (Lipinski definition) is 0. The minimum atomic E-state index is -0.575. The number of morpholine rings is 1. The average molecular weight is 430 g/mol. The summed E-state index contributed by atoms with van der Waals surface area (Å²) in [5.41, 5.74) is 3.75. The van der Waals surface area contributed by atoms with E-state index in [0.717, 1.165) is 47.0 Å². The SMILES string of the molecule is C[C@@H]1COCCN1c1cc(-c2ccccn2)c2c(cnn2COCCS(C)(C)C)n1. The van der Waals surface area contributed by atoms with Crippen LogP contribution in [0.4, 0.5) is 5.82 Å². The summed E-state index contributed by atoms with van der Waals surface area (Å²) < 4.78 is 13.5. The van der Waals surface area contributed by atoms with Gasteiger partial charge in [0.15, 0.2) is 0 Å². The molecule has 1 saturated heterocycles. The van der Waals surface area contributed by atoms with Crippen LogP contribution in [0.15, 0.2) is 36.7 Å². The van der Waals surface area contributed by atoms with Crippen LogP contribution in [0.5, 0.6) is 0 Å². The first-order chi connectivity index (χ1) is 14.4. The molecule has 1 atom stereocenters. The van der Waals surface area contributed by atoms with Gasteiger partial charge in [-0.05, 0) is 43.9 Å².